The summed E-state index contributed by atoms with van der Waals surface area (Å²) >= 11 is 0. The maximum absolute atomic E-state index is 13.1. The van der Waals surface area contributed by atoms with Crippen molar-refractivity contribution in [3.05, 3.63) is 78.9 Å². The molecule has 2 aromatic carbocycles. The van der Waals surface area contributed by atoms with Gasteiger partial charge < -0.3 is 9.47 Å². The fourth-order valence-electron chi connectivity index (χ4n) is 7.50. The zero-order valence-electron chi connectivity index (χ0n) is 23.0. The number of carbonyl (C=O) groups is 1. The number of hydrogen-bond acceptors (Lipinski definition) is 3. The molecule has 4 unspecified atom stereocenters. The molecule has 4 bridgehead atoms. The molecule has 4 fully saturated rings. The van der Waals surface area contributed by atoms with Crippen LogP contribution in [0.4, 0.5) is 0 Å². The van der Waals surface area contributed by atoms with Gasteiger partial charge in [-0.1, -0.05) is 43.4 Å². The van der Waals surface area contributed by atoms with Gasteiger partial charge in [0, 0.05) is 12.8 Å². The second-order valence-electron chi connectivity index (χ2n) is 12.8. The van der Waals surface area contributed by atoms with Crippen molar-refractivity contribution in [1.29, 1.82) is 0 Å². The Morgan fingerprint density at radius 3 is 2.21 bits per heavy atom. The third-order valence-electron chi connectivity index (χ3n) is 9.35. The summed E-state index contributed by atoms with van der Waals surface area (Å²) in [5, 5.41) is 0.472. The van der Waals surface area contributed by atoms with Gasteiger partial charge in [0.05, 0.1) is 16.3 Å². The Hall–Kier alpha value is -2.46. The van der Waals surface area contributed by atoms with E-state index in [0.29, 0.717) is 17.1 Å². The molecule has 0 radical (unpaired) electrons. The lowest BCUT2D eigenvalue weighted by Gasteiger charge is -2.60. The molecule has 5 aliphatic carbocycles. The average Bonchev–Trinajstić information content (AvgIpc) is 2.90. The first-order valence-corrected chi connectivity index (χ1v) is 15.7. The van der Waals surface area contributed by atoms with Crippen LogP contribution in [0.15, 0.2) is 88.7 Å². The van der Waals surface area contributed by atoms with Crippen LogP contribution in [0.1, 0.15) is 72.1 Å². The van der Waals surface area contributed by atoms with Crippen molar-refractivity contribution < 1.29 is 14.3 Å². The van der Waals surface area contributed by atoms with Gasteiger partial charge in [0.15, 0.2) is 15.0 Å². The zero-order valence-corrected chi connectivity index (χ0v) is 23.8. The summed E-state index contributed by atoms with van der Waals surface area (Å²) in [7, 11) is -0.0323. The largest absolute Gasteiger partial charge is 0.487 e. The van der Waals surface area contributed by atoms with Gasteiger partial charge in [-0.25, -0.2) is 0 Å². The Bertz CT molecular complexity index is 1200. The Morgan fingerprint density at radius 2 is 1.58 bits per heavy atom. The first kappa shape index (κ1) is 25.8. The Kier molecular flexibility index (Phi) is 6.74. The fourth-order valence-corrected chi connectivity index (χ4v) is 9.91. The molecule has 4 atom stereocenters. The van der Waals surface area contributed by atoms with Gasteiger partial charge in [-0.05, 0) is 107 Å². The number of benzene rings is 2. The van der Waals surface area contributed by atoms with Crippen molar-refractivity contribution in [2.45, 2.75) is 98.4 Å². The van der Waals surface area contributed by atoms with E-state index < -0.39 is 5.41 Å². The molecule has 38 heavy (non-hydrogen) atoms. The summed E-state index contributed by atoms with van der Waals surface area (Å²) in [4.78, 5) is 15.9. The average molecular weight is 530 g/mol. The van der Waals surface area contributed by atoms with Crippen LogP contribution in [0.5, 0.6) is 5.75 Å². The molecule has 0 amide bonds. The van der Waals surface area contributed by atoms with E-state index in [9.17, 15) is 4.79 Å². The Morgan fingerprint density at radius 1 is 0.921 bits per heavy atom. The van der Waals surface area contributed by atoms with Crippen molar-refractivity contribution in [1.82, 2.24) is 0 Å². The molecule has 4 saturated carbocycles. The van der Waals surface area contributed by atoms with Gasteiger partial charge >= 0.3 is 5.97 Å². The summed E-state index contributed by atoms with van der Waals surface area (Å²) < 4.78 is 13.3. The highest BCUT2D eigenvalue weighted by Crippen LogP contribution is 2.60. The second kappa shape index (κ2) is 9.93. The molecule has 0 aliphatic heterocycles. The van der Waals surface area contributed by atoms with Crippen LogP contribution in [-0.4, -0.2) is 22.4 Å². The lowest BCUT2D eigenvalue weighted by molar-refractivity contribution is -0.219. The maximum Gasteiger partial charge on any atom is 0.312 e. The normalized spacial score (nSPS) is 32.2. The molecule has 0 spiro atoms. The molecule has 3 nitrogen and oxygen atoms in total. The van der Waals surface area contributed by atoms with E-state index in [1.807, 2.05) is 13.8 Å². The highest BCUT2D eigenvalue weighted by Gasteiger charge is 2.61. The Balaban J connectivity index is 1.23. The monoisotopic (exact) mass is 529 g/mol. The number of hydrogen-bond donors (Lipinski definition) is 0. The van der Waals surface area contributed by atoms with Gasteiger partial charge in [-0.2, -0.15) is 0 Å². The quantitative estimate of drug-likeness (QED) is 0.256. The van der Waals surface area contributed by atoms with Crippen LogP contribution in [-0.2, 0) is 20.4 Å². The summed E-state index contributed by atoms with van der Waals surface area (Å²) in [5.74, 6) is 2.08. The smallest absolute Gasteiger partial charge is 0.312 e. The van der Waals surface area contributed by atoms with Crippen LogP contribution in [0.2, 0.25) is 0 Å². The topological polar surface area (TPSA) is 35.5 Å². The van der Waals surface area contributed by atoms with E-state index in [4.69, 9.17) is 9.47 Å². The number of rotatable bonds is 8. The minimum absolute atomic E-state index is 0.0323. The molecule has 0 N–H and O–H groups in total. The van der Waals surface area contributed by atoms with E-state index in [-0.39, 0.29) is 28.1 Å². The van der Waals surface area contributed by atoms with Gasteiger partial charge in [0.1, 0.15) is 17.0 Å². The minimum atomic E-state index is -0.438. The molecule has 2 aromatic rings. The van der Waals surface area contributed by atoms with Crippen molar-refractivity contribution in [2.75, 3.05) is 0 Å². The van der Waals surface area contributed by atoms with E-state index in [0.717, 1.165) is 50.7 Å². The first-order chi connectivity index (χ1) is 18.3. The molecule has 200 valence electrons. The molecule has 4 heteroatoms. The summed E-state index contributed by atoms with van der Waals surface area (Å²) in [6.45, 7) is 6.08. The van der Waals surface area contributed by atoms with Gasteiger partial charge in [0.25, 0.3) is 0 Å². The van der Waals surface area contributed by atoms with Crippen molar-refractivity contribution in [3.8, 4) is 5.75 Å². The Labute approximate surface area is 231 Å². The maximum atomic E-state index is 13.1. The van der Waals surface area contributed by atoms with Gasteiger partial charge in [-0.3, -0.25) is 4.79 Å². The molecule has 0 saturated heterocycles. The summed E-state index contributed by atoms with van der Waals surface area (Å²) in [6, 6.07) is 19.8. The van der Waals surface area contributed by atoms with Crippen LogP contribution in [0.25, 0.3) is 0 Å². The van der Waals surface area contributed by atoms with E-state index >= 15 is 0 Å². The van der Waals surface area contributed by atoms with Crippen molar-refractivity contribution in [3.63, 3.8) is 0 Å². The van der Waals surface area contributed by atoms with Crippen LogP contribution >= 0.6 is 0 Å². The molecule has 0 heterocycles. The van der Waals surface area contributed by atoms with Crippen molar-refractivity contribution >= 4 is 16.9 Å². The lowest BCUT2D eigenvalue weighted by Crippen LogP contribution is -2.63. The third-order valence-corrected chi connectivity index (χ3v) is 11.9. The zero-order chi connectivity index (χ0) is 26.4. The predicted molar refractivity (Wildman–Crippen MR) is 154 cm³/mol. The van der Waals surface area contributed by atoms with Crippen LogP contribution < -0.4 is 4.74 Å². The van der Waals surface area contributed by atoms with Gasteiger partial charge in [0.2, 0.25) is 0 Å². The molecule has 5 aliphatic rings. The highest BCUT2D eigenvalue weighted by atomic mass is 32.2. The SMILES string of the molecule is CCC(C)(C)C(=O)OC12CC3CC(C1)CC(Oc1ccc([S+](c4ccccc4)C4C=CC=CC4)cc1)(C3)C2. The minimum Gasteiger partial charge on any atom is -0.487 e. The lowest BCUT2D eigenvalue weighted by atomic mass is 9.52. The van der Waals surface area contributed by atoms with E-state index in [2.05, 4.69) is 85.8 Å². The summed E-state index contributed by atoms with van der Waals surface area (Å²) in [6.07, 6.45) is 17.1. The number of esters is 1. The molecular weight excluding hydrogens is 488 g/mol. The van der Waals surface area contributed by atoms with Crippen molar-refractivity contribution in [2.24, 2.45) is 17.3 Å². The fraction of sp³-hybridized carbons (Fsp3) is 0.500. The van der Waals surface area contributed by atoms with Gasteiger partial charge in [-0.15, -0.1) is 0 Å². The van der Waals surface area contributed by atoms with E-state index in [1.54, 1.807) is 0 Å². The molecular formula is C34H41O3S+. The summed E-state index contributed by atoms with van der Waals surface area (Å²) in [5.41, 5.74) is -1.01. The van der Waals surface area contributed by atoms with E-state index in [1.165, 1.54) is 16.2 Å². The first-order valence-electron chi connectivity index (χ1n) is 14.4. The number of carbonyl (C=O) groups excluding carboxylic acids is 1. The number of allylic oxidation sites excluding steroid dienone is 3. The predicted octanol–water partition coefficient (Wildman–Crippen LogP) is 8.06. The second-order valence-corrected chi connectivity index (χ2v) is 15.0. The molecule has 7 rings (SSSR count). The van der Waals surface area contributed by atoms with Crippen LogP contribution in [0.3, 0.4) is 0 Å². The standard InChI is InChI=1S/C34H41O3S/c1-4-32(2,3)31(35)37-34-22-25-19-26(23-34)21-33(20-25,24-34)36-27-15-17-30(18-16-27)38(28-11-7-5-8-12-28)29-13-9-6-10-14-29/h5-13,15-18,25-26,29H,4,14,19-24H2,1-3H3/q+1. The molecule has 0 aromatic heterocycles. The van der Waals surface area contributed by atoms with Crippen LogP contribution in [0, 0.1) is 17.3 Å². The number of ether oxygens (including phenoxy) is 2. The third kappa shape index (κ3) is 4.97. The highest BCUT2D eigenvalue weighted by molar-refractivity contribution is 7.97.